The smallest absolute Gasteiger partial charge is 0.167 e. The Morgan fingerprint density at radius 2 is 1.67 bits per heavy atom. The van der Waals surface area contributed by atoms with E-state index >= 15 is 0 Å². The Balaban J connectivity index is 1.45. The van der Waals surface area contributed by atoms with E-state index in [-0.39, 0.29) is 16.9 Å². The van der Waals surface area contributed by atoms with Gasteiger partial charge in [0.2, 0.25) is 0 Å². The summed E-state index contributed by atoms with van der Waals surface area (Å²) in [7, 11) is 1.84. The maximum Gasteiger partial charge on any atom is 0.167 e. The molecule has 0 aromatic heterocycles. The highest BCUT2D eigenvalue weighted by Crippen LogP contribution is 2.68. The van der Waals surface area contributed by atoms with Crippen LogP contribution >= 0.6 is 0 Å². The van der Waals surface area contributed by atoms with Crippen molar-refractivity contribution in [1.29, 1.82) is 0 Å². The molecular formula is C29H48O4. The van der Waals surface area contributed by atoms with Gasteiger partial charge in [0.15, 0.2) is 5.79 Å². The molecule has 0 amide bonds. The molecule has 7 atom stereocenters. The number of fused-ring (bicyclic) bond motifs is 5. The number of aliphatic hydroxyl groups excluding tert-OH is 1. The molecule has 5 aliphatic rings. The summed E-state index contributed by atoms with van der Waals surface area (Å²) in [6, 6.07) is 0. The van der Waals surface area contributed by atoms with Gasteiger partial charge in [-0.2, -0.15) is 0 Å². The predicted octanol–water partition coefficient (Wildman–Crippen LogP) is 6.14. The summed E-state index contributed by atoms with van der Waals surface area (Å²) in [6.07, 6.45) is 18.3. The fraction of sp³-hybridized carbons (Fsp3) is 0.931. The summed E-state index contributed by atoms with van der Waals surface area (Å²) < 4.78 is 13.0. The summed E-state index contributed by atoms with van der Waals surface area (Å²) in [6.45, 7) is 5.31. The van der Waals surface area contributed by atoms with Crippen molar-refractivity contribution >= 4 is 0 Å². The predicted molar refractivity (Wildman–Crippen MR) is 131 cm³/mol. The highest BCUT2D eigenvalue weighted by Gasteiger charge is 2.64. The lowest BCUT2D eigenvalue weighted by atomic mass is 9.46. The second-order valence-corrected chi connectivity index (χ2v) is 12.6. The van der Waals surface area contributed by atoms with Crippen molar-refractivity contribution in [2.45, 2.75) is 128 Å². The van der Waals surface area contributed by atoms with Crippen LogP contribution in [0, 0.1) is 28.6 Å². The number of aliphatic hydroxyl groups is 2. The van der Waals surface area contributed by atoms with Crippen molar-refractivity contribution < 1.29 is 19.7 Å². The SMILES string of the molecule is CC[C@]1(O)CC[C@H]2[C@@H]3CCC4=C[C@@H](O)CC[C@]4(COC4(OC)CCCCCC4)[C@H]3CC[C@@]21C. The van der Waals surface area contributed by atoms with Crippen LogP contribution in [-0.4, -0.2) is 41.4 Å². The summed E-state index contributed by atoms with van der Waals surface area (Å²) in [5.41, 5.74) is 1.06. The Morgan fingerprint density at radius 3 is 2.36 bits per heavy atom. The van der Waals surface area contributed by atoms with Crippen LogP contribution in [-0.2, 0) is 9.47 Å². The van der Waals surface area contributed by atoms with Gasteiger partial charge >= 0.3 is 0 Å². The molecule has 0 bridgehead atoms. The molecule has 188 valence electrons. The van der Waals surface area contributed by atoms with E-state index in [1.807, 2.05) is 7.11 Å². The second-order valence-electron chi connectivity index (χ2n) is 12.6. The van der Waals surface area contributed by atoms with Gasteiger partial charge in [0.05, 0.1) is 18.3 Å². The highest BCUT2D eigenvalue weighted by atomic mass is 16.7. The molecule has 0 radical (unpaired) electrons. The zero-order valence-electron chi connectivity index (χ0n) is 21.4. The number of hydrogen-bond donors (Lipinski definition) is 2. The first-order valence-corrected chi connectivity index (χ1v) is 14.1. The van der Waals surface area contributed by atoms with Crippen molar-refractivity contribution in [2.24, 2.45) is 28.6 Å². The Bertz CT molecular complexity index is 740. The van der Waals surface area contributed by atoms with Crippen LogP contribution in [0.5, 0.6) is 0 Å². The molecular weight excluding hydrogens is 412 g/mol. The fourth-order valence-corrected chi connectivity index (χ4v) is 9.40. The summed E-state index contributed by atoms with van der Waals surface area (Å²) >= 11 is 0. The van der Waals surface area contributed by atoms with Crippen molar-refractivity contribution in [3.63, 3.8) is 0 Å². The van der Waals surface area contributed by atoms with Crippen molar-refractivity contribution in [2.75, 3.05) is 13.7 Å². The third kappa shape index (κ3) is 3.77. The van der Waals surface area contributed by atoms with Crippen LogP contribution in [0.2, 0.25) is 0 Å². The maximum absolute atomic E-state index is 11.6. The summed E-state index contributed by atoms with van der Waals surface area (Å²) in [5.74, 6) is 1.44. The number of hydrogen-bond acceptors (Lipinski definition) is 4. The van der Waals surface area contributed by atoms with E-state index in [0.717, 1.165) is 58.0 Å². The molecule has 0 heterocycles. The monoisotopic (exact) mass is 460 g/mol. The Hall–Kier alpha value is -0.420. The third-order valence-corrected chi connectivity index (χ3v) is 11.5. The second kappa shape index (κ2) is 8.91. The average Bonchev–Trinajstić information content (AvgIpc) is 2.96. The molecule has 33 heavy (non-hydrogen) atoms. The molecule has 5 rings (SSSR count). The first-order chi connectivity index (χ1) is 15.8. The minimum absolute atomic E-state index is 0.0359. The van der Waals surface area contributed by atoms with E-state index in [4.69, 9.17) is 9.47 Å². The molecule has 0 aromatic rings. The molecule has 0 unspecified atom stereocenters. The van der Waals surface area contributed by atoms with Crippen LogP contribution in [0.4, 0.5) is 0 Å². The van der Waals surface area contributed by atoms with Gasteiger partial charge in [-0.25, -0.2) is 0 Å². The normalized spacial score (nSPS) is 47.1. The maximum atomic E-state index is 11.6. The van der Waals surface area contributed by atoms with Gasteiger partial charge in [0.1, 0.15) is 0 Å². The van der Waals surface area contributed by atoms with Crippen molar-refractivity contribution in [3.8, 4) is 0 Å². The van der Waals surface area contributed by atoms with Gasteiger partial charge < -0.3 is 19.7 Å². The van der Waals surface area contributed by atoms with E-state index < -0.39 is 11.4 Å². The first-order valence-electron chi connectivity index (χ1n) is 14.1. The van der Waals surface area contributed by atoms with E-state index in [9.17, 15) is 10.2 Å². The fourth-order valence-electron chi connectivity index (χ4n) is 9.40. The number of methoxy groups -OCH3 is 1. The molecule has 0 spiro atoms. The van der Waals surface area contributed by atoms with Gasteiger partial charge in [-0.3, -0.25) is 0 Å². The molecule has 0 aliphatic heterocycles. The molecule has 5 aliphatic carbocycles. The highest BCUT2D eigenvalue weighted by molar-refractivity contribution is 5.27. The van der Waals surface area contributed by atoms with Crippen LogP contribution in [0.25, 0.3) is 0 Å². The quantitative estimate of drug-likeness (QED) is 0.294. The van der Waals surface area contributed by atoms with E-state index in [0.29, 0.717) is 17.8 Å². The summed E-state index contributed by atoms with van der Waals surface area (Å²) in [5, 5.41) is 22.1. The van der Waals surface area contributed by atoms with Gasteiger partial charge in [-0.05, 0) is 93.8 Å². The number of ether oxygens (including phenoxy) is 2. The van der Waals surface area contributed by atoms with Crippen molar-refractivity contribution in [1.82, 2.24) is 0 Å². The Labute approximate surface area is 201 Å². The van der Waals surface area contributed by atoms with E-state index in [1.54, 1.807) is 0 Å². The lowest BCUT2D eigenvalue weighted by molar-refractivity contribution is -0.251. The molecule has 4 fully saturated rings. The first kappa shape index (κ1) is 24.3. The van der Waals surface area contributed by atoms with Crippen LogP contribution < -0.4 is 0 Å². The average molecular weight is 461 g/mol. The molecule has 0 saturated heterocycles. The van der Waals surface area contributed by atoms with Gasteiger partial charge in [-0.1, -0.05) is 38.3 Å². The van der Waals surface area contributed by atoms with Crippen LogP contribution in [0.1, 0.15) is 110 Å². The number of rotatable bonds is 5. The summed E-state index contributed by atoms with van der Waals surface area (Å²) in [4.78, 5) is 0. The topological polar surface area (TPSA) is 58.9 Å². The molecule has 2 N–H and O–H groups in total. The lowest BCUT2D eigenvalue weighted by Gasteiger charge is -2.60. The van der Waals surface area contributed by atoms with Crippen molar-refractivity contribution in [3.05, 3.63) is 11.6 Å². The van der Waals surface area contributed by atoms with Gasteiger partial charge in [0.25, 0.3) is 0 Å². The Kier molecular flexibility index (Phi) is 6.55. The van der Waals surface area contributed by atoms with Gasteiger partial charge in [-0.15, -0.1) is 0 Å². The Morgan fingerprint density at radius 1 is 0.939 bits per heavy atom. The molecule has 4 nitrogen and oxygen atoms in total. The zero-order chi connectivity index (χ0) is 23.3. The third-order valence-electron chi connectivity index (χ3n) is 11.5. The van der Waals surface area contributed by atoms with Crippen LogP contribution in [0.3, 0.4) is 0 Å². The lowest BCUT2D eigenvalue weighted by Crippen LogP contribution is -2.57. The standard InChI is InChI=1S/C29H48O4/c1-4-28(31)18-13-24-23-10-9-21-19-22(30)11-17-27(21,25(23)12-16-26(24,28)2)20-33-29(32-3)14-7-5-6-8-15-29/h19,22-25,30-31H,4-18,20H2,1-3H3/t22-,23-,24-,25-,26-,27+,28-/m0/s1. The molecule has 4 heteroatoms. The minimum atomic E-state index is -0.494. The minimum Gasteiger partial charge on any atom is -0.389 e. The van der Waals surface area contributed by atoms with E-state index in [2.05, 4.69) is 19.9 Å². The van der Waals surface area contributed by atoms with Gasteiger partial charge in [0, 0.05) is 25.4 Å². The molecule has 4 saturated carbocycles. The van der Waals surface area contributed by atoms with Crippen LogP contribution in [0.15, 0.2) is 11.6 Å². The zero-order valence-corrected chi connectivity index (χ0v) is 21.4. The van der Waals surface area contributed by atoms with E-state index in [1.165, 1.54) is 50.5 Å². The molecule has 0 aromatic carbocycles. The largest absolute Gasteiger partial charge is 0.389 e.